The number of aryl methyl sites for hydroxylation is 2. The number of carbonyl (C=O) groups is 1. The number of aromatic nitrogens is 1. The van der Waals surface area contributed by atoms with Gasteiger partial charge in [0.15, 0.2) is 5.78 Å². The Kier molecular flexibility index (Phi) is 5.17. The van der Waals surface area contributed by atoms with Crippen molar-refractivity contribution in [3.05, 3.63) is 29.1 Å². The number of nitrogens with zero attached hydrogens (tertiary/aromatic N) is 1. The van der Waals surface area contributed by atoms with Gasteiger partial charge in [-0.15, -0.1) is 0 Å². The number of Topliss-reactive ketones (excluding diaryl/α,β-unsaturated/α-hetero) is 1. The van der Waals surface area contributed by atoms with E-state index in [9.17, 15) is 4.79 Å². The third-order valence-corrected chi connectivity index (χ3v) is 2.74. The minimum absolute atomic E-state index is 0.0745. The standard InChI is InChI=1S/C14H21NO/c1-4-5-6-7-8-13-9-11(2)10-15-14(13)12(3)16/h9-10H,4-8H2,1-3H3. The zero-order valence-electron chi connectivity index (χ0n) is 10.5. The molecule has 0 aromatic carbocycles. The Morgan fingerprint density at radius 2 is 2.06 bits per heavy atom. The summed E-state index contributed by atoms with van der Waals surface area (Å²) in [5.41, 5.74) is 2.90. The van der Waals surface area contributed by atoms with Crippen LogP contribution in [-0.2, 0) is 6.42 Å². The van der Waals surface area contributed by atoms with Gasteiger partial charge in [0, 0.05) is 13.1 Å². The number of pyridine rings is 1. The van der Waals surface area contributed by atoms with Gasteiger partial charge >= 0.3 is 0 Å². The Labute approximate surface area is 98.1 Å². The van der Waals surface area contributed by atoms with Crippen LogP contribution in [0, 0.1) is 6.92 Å². The van der Waals surface area contributed by atoms with E-state index in [1.165, 1.54) is 19.3 Å². The molecule has 16 heavy (non-hydrogen) atoms. The van der Waals surface area contributed by atoms with Gasteiger partial charge in [0.05, 0.1) is 0 Å². The highest BCUT2D eigenvalue weighted by molar-refractivity contribution is 5.93. The van der Waals surface area contributed by atoms with E-state index in [1.54, 1.807) is 13.1 Å². The van der Waals surface area contributed by atoms with Crippen LogP contribution in [0.1, 0.15) is 61.1 Å². The second kappa shape index (κ2) is 6.41. The second-order valence-corrected chi connectivity index (χ2v) is 4.39. The smallest absolute Gasteiger partial charge is 0.178 e. The monoisotopic (exact) mass is 219 g/mol. The van der Waals surface area contributed by atoms with Crippen LogP contribution >= 0.6 is 0 Å². The Balaban J connectivity index is 2.68. The van der Waals surface area contributed by atoms with E-state index >= 15 is 0 Å². The van der Waals surface area contributed by atoms with Crippen molar-refractivity contribution >= 4 is 5.78 Å². The number of unbranched alkanes of at least 4 members (excludes halogenated alkanes) is 3. The number of hydrogen-bond acceptors (Lipinski definition) is 2. The highest BCUT2D eigenvalue weighted by Gasteiger charge is 2.08. The van der Waals surface area contributed by atoms with Crippen LogP contribution in [0.2, 0.25) is 0 Å². The summed E-state index contributed by atoms with van der Waals surface area (Å²) in [5.74, 6) is 0.0745. The first kappa shape index (κ1) is 12.9. The third-order valence-electron chi connectivity index (χ3n) is 2.74. The highest BCUT2D eigenvalue weighted by atomic mass is 16.1. The van der Waals surface area contributed by atoms with Gasteiger partial charge in [0.2, 0.25) is 0 Å². The molecule has 0 saturated heterocycles. The Hall–Kier alpha value is -1.18. The number of rotatable bonds is 6. The minimum Gasteiger partial charge on any atom is -0.293 e. The molecule has 2 nitrogen and oxygen atoms in total. The molecule has 0 unspecified atom stereocenters. The SMILES string of the molecule is CCCCCCc1cc(C)cnc1C(C)=O. The third kappa shape index (κ3) is 3.76. The van der Waals surface area contributed by atoms with E-state index < -0.39 is 0 Å². The summed E-state index contributed by atoms with van der Waals surface area (Å²) < 4.78 is 0. The van der Waals surface area contributed by atoms with E-state index in [1.807, 2.05) is 6.92 Å². The summed E-state index contributed by atoms with van der Waals surface area (Å²) in [4.78, 5) is 15.6. The maximum atomic E-state index is 11.4. The summed E-state index contributed by atoms with van der Waals surface area (Å²) in [7, 11) is 0. The quantitative estimate of drug-likeness (QED) is 0.539. The number of ketones is 1. The molecule has 0 amide bonds. The fourth-order valence-corrected chi connectivity index (χ4v) is 1.88. The van der Waals surface area contributed by atoms with Crippen molar-refractivity contribution in [1.29, 1.82) is 0 Å². The minimum atomic E-state index is 0.0745. The van der Waals surface area contributed by atoms with Gasteiger partial charge < -0.3 is 0 Å². The maximum Gasteiger partial charge on any atom is 0.178 e. The predicted molar refractivity (Wildman–Crippen MR) is 66.8 cm³/mol. The van der Waals surface area contributed by atoms with Gasteiger partial charge in [-0.25, -0.2) is 0 Å². The van der Waals surface area contributed by atoms with Crippen molar-refractivity contribution < 1.29 is 4.79 Å². The van der Waals surface area contributed by atoms with E-state index in [2.05, 4.69) is 18.0 Å². The van der Waals surface area contributed by atoms with Crippen LogP contribution in [0.15, 0.2) is 12.3 Å². The molecule has 0 aliphatic rings. The van der Waals surface area contributed by atoms with E-state index in [0.717, 1.165) is 24.0 Å². The topological polar surface area (TPSA) is 30.0 Å². The summed E-state index contributed by atoms with van der Waals surface area (Å²) in [5, 5.41) is 0. The molecule has 1 heterocycles. The molecule has 1 aromatic heterocycles. The average molecular weight is 219 g/mol. The van der Waals surface area contributed by atoms with Crippen LogP contribution in [-0.4, -0.2) is 10.8 Å². The lowest BCUT2D eigenvalue weighted by atomic mass is 10.0. The lowest BCUT2D eigenvalue weighted by molar-refractivity contribution is 0.101. The van der Waals surface area contributed by atoms with Crippen LogP contribution in [0.3, 0.4) is 0 Å². The number of hydrogen-bond donors (Lipinski definition) is 0. The fourth-order valence-electron chi connectivity index (χ4n) is 1.88. The second-order valence-electron chi connectivity index (χ2n) is 4.39. The van der Waals surface area contributed by atoms with Crippen molar-refractivity contribution in [2.24, 2.45) is 0 Å². The molecule has 0 aliphatic heterocycles. The highest BCUT2D eigenvalue weighted by Crippen LogP contribution is 2.13. The van der Waals surface area contributed by atoms with Crippen LogP contribution in [0.5, 0.6) is 0 Å². The lowest BCUT2D eigenvalue weighted by Gasteiger charge is -2.07. The first-order valence-electron chi connectivity index (χ1n) is 6.11. The molecule has 1 aromatic rings. The molecule has 0 atom stereocenters. The molecule has 0 fully saturated rings. The van der Waals surface area contributed by atoms with Gasteiger partial charge in [-0.05, 0) is 30.9 Å². The lowest BCUT2D eigenvalue weighted by Crippen LogP contribution is -2.04. The van der Waals surface area contributed by atoms with Gasteiger partial charge in [-0.1, -0.05) is 32.3 Å². The normalized spacial score (nSPS) is 10.4. The van der Waals surface area contributed by atoms with Gasteiger partial charge in [-0.2, -0.15) is 0 Å². The molecule has 0 aliphatic carbocycles. The van der Waals surface area contributed by atoms with Gasteiger partial charge in [-0.3, -0.25) is 9.78 Å². The summed E-state index contributed by atoms with van der Waals surface area (Å²) in [6.45, 7) is 5.81. The molecule has 0 radical (unpaired) electrons. The molecule has 0 saturated carbocycles. The Morgan fingerprint density at radius 3 is 2.69 bits per heavy atom. The van der Waals surface area contributed by atoms with Crippen molar-refractivity contribution in [3.63, 3.8) is 0 Å². The van der Waals surface area contributed by atoms with Crippen molar-refractivity contribution in [2.45, 2.75) is 52.9 Å². The zero-order valence-corrected chi connectivity index (χ0v) is 10.5. The fraction of sp³-hybridized carbons (Fsp3) is 0.571. The summed E-state index contributed by atoms with van der Waals surface area (Å²) in [6, 6.07) is 2.09. The molecule has 88 valence electrons. The van der Waals surface area contributed by atoms with E-state index in [0.29, 0.717) is 5.69 Å². The van der Waals surface area contributed by atoms with E-state index in [4.69, 9.17) is 0 Å². The Bertz CT molecular complexity index is 358. The van der Waals surface area contributed by atoms with Crippen LogP contribution in [0.4, 0.5) is 0 Å². The zero-order chi connectivity index (χ0) is 12.0. The first-order chi connectivity index (χ1) is 7.65. The molecular weight excluding hydrogens is 198 g/mol. The van der Waals surface area contributed by atoms with Crippen molar-refractivity contribution in [1.82, 2.24) is 4.98 Å². The molecule has 0 N–H and O–H groups in total. The Morgan fingerprint density at radius 1 is 1.31 bits per heavy atom. The maximum absolute atomic E-state index is 11.4. The number of carbonyl (C=O) groups excluding carboxylic acids is 1. The average Bonchev–Trinajstić information content (AvgIpc) is 2.24. The van der Waals surface area contributed by atoms with Crippen molar-refractivity contribution in [3.8, 4) is 0 Å². The van der Waals surface area contributed by atoms with Crippen LogP contribution < -0.4 is 0 Å². The van der Waals surface area contributed by atoms with Gasteiger partial charge in [0.1, 0.15) is 5.69 Å². The molecule has 1 rings (SSSR count). The van der Waals surface area contributed by atoms with Crippen molar-refractivity contribution in [2.75, 3.05) is 0 Å². The summed E-state index contributed by atoms with van der Waals surface area (Å²) in [6.07, 6.45) is 7.65. The first-order valence-corrected chi connectivity index (χ1v) is 6.11. The molecule has 0 spiro atoms. The largest absolute Gasteiger partial charge is 0.293 e. The van der Waals surface area contributed by atoms with E-state index in [-0.39, 0.29) is 5.78 Å². The van der Waals surface area contributed by atoms with Gasteiger partial charge in [0.25, 0.3) is 0 Å². The summed E-state index contributed by atoms with van der Waals surface area (Å²) >= 11 is 0. The molecule has 0 bridgehead atoms. The molecule has 2 heteroatoms. The van der Waals surface area contributed by atoms with Crippen LogP contribution in [0.25, 0.3) is 0 Å². The molecular formula is C14H21NO. The predicted octanol–water partition coefficient (Wildman–Crippen LogP) is 3.72.